The monoisotopic (exact) mass is 355 g/mol. The SMILES string of the molecule is O=C(NCCc1ccc(N2CCCC2)cc1)C(=O)Nc1ccccc1F. The van der Waals surface area contributed by atoms with Gasteiger partial charge in [0.15, 0.2) is 0 Å². The van der Waals surface area contributed by atoms with Gasteiger partial charge < -0.3 is 15.5 Å². The highest BCUT2D eigenvalue weighted by Gasteiger charge is 2.15. The molecule has 2 N–H and O–H groups in total. The van der Waals surface area contributed by atoms with Crippen LogP contribution in [0, 0.1) is 5.82 Å². The number of amides is 2. The van der Waals surface area contributed by atoms with Crippen LogP contribution in [0.1, 0.15) is 18.4 Å². The second-order valence-corrected chi connectivity index (χ2v) is 6.30. The maximum absolute atomic E-state index is 13.5. The largest absolute Gasteiger partial charge is 0.372 e. The van der Waals surface area contributed by atoms with Gasteiger partial charge in [-0.15, -0.1) is 0 Å². The quantitative estimate of drug-likeness (QED) is 0.811. The molecule has 3 rings (SSSR count). The van der Waals surface area contributed by atoms with Crippen LogP contribution in [0.25, 0.3) is 0 Å². The number of halogens is 1. The molecule has 136 valence electrons. The standard InChI is InChI=1S/C20H22FN3O2/c21-17-5-1-2-6-18(17)23-20(26)19(25)22-12-11-15-7-9-16(10-8-15)24-13-3-4-14-24/h1-2,5-10H,3-4,11-14H2,(H,22,25)(H,23,26). The predicted molar refractivity (Wildman–Crippen MR) is 99.6 cm³/mol. The van der Waals surface area contributed by atoms with E-state index in [4.69, 9.17) is 0 Å². The zero-order valence-corrected chi connectivity index (χ0v) is 14.5. The highest BCUT2D eigenvalue weighted by Crippen LogP contribution is 2.20. The van der Waals surface area contributed by atoms with Crippen LogP contribution in [0.2, 0.25) is 0 Å². The Hall–Kier alpha value is -2.89. The summed E-state index contributed by atoms with van der Waals surface area (Å²) >= 11 is 0. The molecule has 6 heteroatoms. The van der Waals surface area contributed by atoms with E-state index in [1.54, 1.807) is 6.07 Å². The molecular weight excluding hydrogens is 333 g/mol. The van der Waals surface area contributed by atoms with Gasteiger partial charge >= 0.3 is 11.8 Å². The van der Waals surface area contributed by atoms with Crippen molar-refractivity contribution in [2.24, 2.45) is 0 Å². The molecule has 0 saturated carbocycles. The van der Waals surface area contributed by atoms with E-state index in [0.29, 0.717) is 13.0 Å². The smallest absolute Gasteiger partial charge is 0.313 e. The molecule has 26 heavy (non-hydrogen) atoms. The van der Waals surface area contributed by atoms with Crippen molar-refractivity contribution in [3.8, 4) is 0 Å². The predicted octanol–water partition coefficient (Wildman–Crippen LogP) is 2.72. The Morgan fingerprint density at radius 3 is 2.35 bits per heavy atom. The van der Waals surface area contributed by atoms with Gasteiger partial charge in [-0.2, -0.15) is 0 Å². The average Bonchev–Trinajstić information content (AvgIpc) is 3.19. The van der Waals surface area contributed by atoms with Gasteiger partial charge in [-0.25, -0.2) is 4.39 Å². The fraction of sp³-hybridized carbons (Fsp3) is 0.300. The van der Waals surface area contributed by atoms with Crippen molar-refractivity contribution < 1.29 is 14.0 Å². The lowest BCUT2D eigenvalue weighted by molar-refractivity contribution is -0.136. The summed E-state index contributed by atoms with van der Waals surface area (Å²) in [6, 6.07) is 14.0. The van der Waals surface area contributed by atoms with Crippen LogP contribution < -0.4 is 15.5 Å². The van der Waals surface area contributed by atoms with Gasteiger partial charge in [-0.1, -0.05) is 24.3 Å². The summed E-state index contributed by atoms with van der Waals surface area (Å²) in [5.74, 6) is -2.23. The minimum absolute atomic E-state index is 0.00912. The first-order valence-corrected chi connectivity index (χ1v) is 8.81. The van der Waals surface area contributed by atoms with Crippen molar-refractivity contribution >= 4 is 23.2 Å². The van der Waals surface area contributed by atoms with Crippen molar-refractivity contribution in [2.45, 2.75) is 19.3 Å². The van der Waals surface area contributed by atoms with Gasteiger partial charge in [0, 0.05) is 25.3 Å². The molecule has 0 bridgehead atoms. The number of nitrogens with one attached hydrogen (secondary N) is 2. The molecule has 0 atom stereocenters. The van der Waals surface area contributed by atoms with Gasteiger partial charge in [0.2, 0.25) is 0 Å². The molecule has 2 amide bonds. The fourth-order valence-corrected chi connectivity index (χ4v) is 2.99. The number of nitrogens with zero attached hydrogens (tertiary/aromatic N) is 1. The second kappa shape index (κ2) is 8.47. The van der Waals surface area contributed by atoms with Crippen LogP contribution in [-0.2, 0) is 16.0 Å². The third kappa shape index (κ3) is 4.59. The summed E-state index contributed by atoms with van der Waals surface area (Å²) in [4.78, 5) is 26.0. The van der Waals surface area contributed by atoms with Crippen LogP contribution in [0.15, 0.2) is 48.5 Å². The van der Waals surface area contributed by atoms with Crippen LogP contribution in [0.3, 0.4) is 0 Å². The van der Waals surface area contributed by atoms with Crippen LogP contribution in [0.5, 0.6) is 0 Å². The highest BCUT2D eigenvalue weighted by atomic mass is 19.1. The number of hydrogen-bond acceptors (Lipinski definition) is 3. The Bertz CT molecular complexity index is 771. The minimum Gasteiger partial charge on any atom is -0.372 e. The molecule has 2 aromatic rings. The van der Waals surface area contributed by atoms with Crippen LogP contribution in [-0.4, -0.2) is 31.4 Å². The van der Waals surface area contributed by atoms with Gasteiger partial charge in [-0.05, 0) is 49.1 Å². The molecule has 1 heterocycles. The normalized spacial score (nSPS) is 13.5. The van der Waals surface area contributed by atoms with Crippen molar-refractivity contribution in [3.05, 3.63) is 59.9 Å². The Kier molecular flexibility index (Phi) is 5.84. The number of anilines is 2. The summed E-state index contributed by atoms with van der Waals surface area (Å²) in [6.07, 6.45) is 3.10. The van der Waals surface area contributed by atoms with E-state index in [-0.39, 0.29) is 5.69 Å². The number of hydrogen-bond donors (Lipinski definition) is 2. The molecule has 1 fully saturated rings. The molecule has 5 nitrogen and oxygen atoms in total. The van der Waals surface area contributed by atoms with Gasteiger partial charge in [0.25, 0.3) is 0 Å². The lowest BCUT2D eigenvalue weighted by Gasteiger charge is -2.17. The molecule has 1 aliphatic rings. The minimum atomic E-state index is -0.875. The molecule has 0 aromatic heterocycles. The topological polar surface area (TPSA) is 61.4 Å². The molecular formula is C20H22FN3O2. The maximum atomic E-state index is 13.5. The van der Waals surface area contributed by atoms with Crippen molar-refractivity contribution in [3.63, 3.8) is 0 Å². The van der Waals surface area contributed by atoms with Crippen LogP contribution in [0.4, 0.5) is 15.8 Å². The third-order valence-electron chi connectivity index (χ3n) is 4.44. The lowest BCUT2D eigenvalue weighted by Crippen LogP contribution is -2.36. The Morgan fingerprint density at radius 1 is 0.962 bits per heavy atom. The Labute approximate surface area is 152 Å². The van der Waals surface area contributed by atoms with Gasteiger partial charge in [-0.3, -0.25) is 9.59 Å². The molecule has 1 aliphatic heterocycles. The average molecular weight is 355 g/mol. The molecule has 0 aliphatic carbocycles. The Balaban J connectivity index is 1.44. The molecule has 0 radical (unpaired) electrons. The zero-order valence-electron chi connectivity index (χ0n) is 14.5. The highest BCUT2D eigenvalue weighted by molar-refractivity contribution is 6.39. The van der Waals surface area contributed by atoms with Gasteiger partial charge in [0.05, 0.1) is 5.69 Å². The van der Waals surface area contributed by atoms with E-state index in [2.05, 4.69) is 27.7 Å². The third-order valence-corrected chi connectivity index (χ3v) is 4.44. The fourth-order valence-electron chi connectivity index (χ4n) is 2.99. The van der Waals surface area contributed by atoms with E-state index in [1.165, 1.54) is 36.7 Å². The molecule has 0 spiro atoms. The maximum Gasteiger partial charge on any atom is 0.313 e. The van der Waals surface area contributed by atoms with Crippen molar-refractivity contribution in [2.75, 3.05) is 29.9 Å². The lowest BCUT2D eigenvalue weighted by atomic mass is 10.1. The summed E-state index contributed by atoms with van der Waals surface area (Å²) in [5.41, 5.74) is 2.30. The van der Waals surface area contributed by atoms with E-state index < -0.39 is 17.6 Å². The summed E-state index contributed by atoms with van der Waals surface area (Å²) in [6.45, 7) is 2.55. The number of rotatable bonds is 5. The summed E-state index contributed by atoms with van der Waals surface area (Å²) in [7, 11) is 0. The van der Waals surface area contributed by atoms with E-state index >= 15 is 0 Å². The first-order valence-electron chi connectivity index (χ1n) is 8.81. The Morgan fingerprint density at radius 2 is 1.65 bits per heavy atom. The summed E-state index contributed by atoms with van der Waals surface area (Å²) in [5, 5.41) is 4.82. The molecule has 1 saturated heterocycles. The first-order chi connectivity index (χ1) is 12.6. The summed E-state index contributed by atoms with van der Waals surface area (Å²) < 4.78 is 13.5. The number of carbonyl (C=O) groups is 2. The van der Waals surface area contributed by atoms with Gasteiger partial charge in [0.1, 0.15) is 5.82 Å². The second-order valence-electron chi connectivity index (χ2n) is 6.30. The molecule has 2 aromatic carbocycles. The van der Waals surface area contributed by atoms with E-state index in [9.17, 15) is 14.0 Å². The van der Waals surface area contributed by atoms with Crippen LogP contribution >= 0.6 is 0 Å². The van der Waals surface area contributed by atoms with E-state index in [1.807, 2.05) is 12.1 Å². The molecule has 0 unspecified atom stereocenters. The van der Waals surface area contributed by atoms with Crippen molar-refractivity contribution in [1.29, 1.82) is 0 Å². The zero-order chi connectivity index (χ0) is 18.4. The number of para-hydroxylation sites is 1. The number of benzene rings is 2. The van der Waals surface area contributed by atoms with Crippen molar-refractivity contribution in [1.82, 2.24) is 5.32 Å². The first kappa shape index (κ1) is 17.9. The van der Waals surface area contributed by atoms with E-state index in [0.717, 1.165) is 18.7 Å². The number of carbonyl (C=O) groups excluding carboxylic acids is 2.